The van der Waals surface area contributed by atoms with Crippen molar-refractivity contribution in [3.63, 3.8) is 0 Å². The standard InChI is InChI=1S/C30H50O5/c1-3-5-7-9-11-13-18-22-29(31)34-26-28(25-33-24-27-20-16-15-17-21-27)35-30(32)23-19-14-12-10-8-6-4-2/h15-17,20-21,28H,3-14,18-19,22-26H2,1-2H3/t28-/m0/s1. The summed E-state index contributed by atoms with van der Waals surface area (Å²) in [6.07, 6.45) is 16.4. The Morgan fingerprint density at radius 1 is 0.657 bits per heavy atom. The van der Waals surface area contributed by atoms with E-state index in [0.29, 0.717) is 19.4 Å². The lowest BCUT2D eigenvalue weighted by Gasteiger charge is -2.18. The maximum Gasteiger partial charge on any atom is 0.306 e. The summed E-state index contributed by atoms with van der Waals surface area (Å²) in [7, 11) is 0. The second kappa shape index (κ2) is 22.6. The van der Waals surface area contributed by atoms with E-state index in [1.807, 2.05) is 30.3 Å². The van der Waals surface area contributed by atoms with E-state index in [2.05, 4.69) is 13.8 Å². The van der Waals surface area contributed by atoms with Crippen molar-refractivity contribution < 1.29 is 23.8 Å². The van der Waals surface area contributed by atoms with Gasteiger partial charge in [-0.1, -0.05) is 121 Å². The number of hydrogen-bond acceptors (Lipinski definition) is 5. The van der Waals surface area contributed by atoms with Crippen LogP contribution in [0.1, 0.15) is 122 Å². The van der Waals surface area contributed by atoms with Crippen LogP contribution in [0.5, 0.6) is 0 Å². The summed E-state index contributed by atoms with van der Waals surface area (Å²) < 4.78 is 16.8. The van der Waals surface area contributed by atoms with Crippen LogP contribution in [-0.4, -0.2) is 31.3 Å². The van der Waals surface area contributed by atoms with Gasteiger partial charge in [0, 0.05) is 12.8 Å². The van der Waals surface area contributed by atoms with Gasteiger partial charge < -0.3 is 14.2 Å². The van der Waals surface area contributed by atoms with Crippen LogP contribution in [0.2, 0.25) is 0 Å². The lowest BCUT2D eigenvalue weighted by atomic mass is 10.1. The smallest absolute Gasteiger partial charge is 0.306 e. The van der Waals surface area contributed by atoms with Gasteiger partial charge in [0.2, 0.25) is 0 Å². The summed E-state index contributed by atoms with van der Waals surface area (Å²) in [5.74, 6) is -0.468. The van der Waals surface area contributed by atoms with Crippen LogP contribution >= 0.6 is 0 Å². The maximum atomic E-state index is 12.4. The van der Waals surface area contributed by atoms with Gasteiger partial charge in [-0.3, -0.25) is 9.59 Å². The molecule has 5 heteroatoms. The molecule has 0 N–H and O–H groups in total. The molecule has 1 aromatic carbocycles. The van der Waals surface area contributed by atoms with Crippen molar-refractivity contribution >= 4 is 11.9 Å². The highest BCUT2D eigenvalue weighted by Gasteiger charge is 2.17. The second-order valence-corrected chi connectivity index (χ2v) is 9.54. The van der Waals surface area contributed by atoms with Gasteiger partial charge in [0.15, 0.2) is 6.10 Å². The fourth-order valence-electron chi connectivity index (χ4n) is 3.95. The first-order valence-corrected chi connectivity index (χ1v) is 14.1. The van der Waals surface area contributed by atoms with Crippen LogP contribution in [0.4, 0.5) is 0 Å². The van der Waals surface area contributed by atoms with Crippen LogP contribution in [0, 0.1) is 0 Å². The summed E-state index contributed by atoms with van der Waals surface area (Å²) in [6, 6.07) is 9.87. The van der Waals surface area contributed by atoms with E-state index in [-0.39, 0.29) is 25.2 Å². The van der Waals surface area contributed by atoms with E-state index >= 15 is 0 Å². The zero-order chi connectivity index (χ0) is 25.4. The lowest BCUT2D eigenvalue weighted by Crippen LogP contribution is -2.29. The third-order valence-electron chi connectivity index (χ3n) is 6.11. The highest BCUT2D eigenvalue weighted by molar-refractivity contribution is 5.70. The van der Waals surface area contributed by atoms with Gasteiger partial charge in [0.25, 0.3) is 0 Å². The zero-order valence-electron chi connectivity index (χ0n) is 22.4. The van der Waals surface area contributed by atoms with Crippen molar-refractivity contribution in [2.24, 2.45) is 0 Å². The van der Waals surface area contributed by atoms with E-state index in [1.54, 1.807) is 0 Å². The first kappa shape index (κ1) is 31.2. The molecule has 1 atom stereocenters. The molecule has 0 heterocycles. The molecule has 0 radical (unpaired) electrons. The van der Waals surface area contributed by atoms with Crippen LogP contribution < -0.4 is 0 Å². The fraction of sp³-hybridized carbons (Fsp3) is 0.733. The van der Waals surface area contributed by atoms with Gasteiger partial charge in [0.1, 0.15) is 6.61 Å². The maximum absolute atomic E-state index is 12.4. The van der Waals surface area contributed by atoms with Crippen LogP contribution in [0.25, 0.3) is 0 Å². The average molecular weight is 491 g/mol. The Morgan fingerprint density at radius 2 is 1.17 bits per heavy atom. The van der Waals surface area contributed by atoms with Crippen LogP contribution in [0.15, 0.2) is 30.3 Å². The molecule has 0 aliphatic rings. The largest absolute Gasteiger partial charge is 0.462 e. The quantitative estimate of drug-likeness (QED) is 0.115. The Bertz CT molecular complexity index is 631. The number of ether oxygens (including phenoxy) is 3. The molecule has 0 aliphatic carbocycles. The fourth-order valence-corrected chi connectivity index (χ4v) is 3.95. The molecule has 0 spiro atoms. The van der Waals surface area contributed by atoms with Crippen LogP contribution in [-0.2, 0) is 30.4 Å². The molecule has 0 bridgehead atoms. The summed E-state index contributed by atoms with van der Waals surface area (Å²) in [4.78, 5) is 24.5. The SMILES string of the molecule is CCCCCCCCCC(=O)OC[C@H](COCc1ccccc1)OC(=O)CCCCCCCCC. The van der Waals surface area contributed by atoms with Gasteiger partial charge in [0.05, 0.1) is 13.2 Å². The molecule has 0 saturated heterocycles. The third kappa shape index (κ3) is 19.0. The molecule has 0 unspecified atom stereocenters. The Kier molecular flexibility index (Phi) is 20.1. The highest BCUT2D eigenvalue weighted by Crippen LogP contribution is 2.12. The first-order chi connectivity index (χ1) is 17.2. The predicted octanol–water partition coefficient (Wildman–Crippen LogP) is 7.94. The van der Waals surface area contributed by atoms with Crippen molar-refractivity contribution in [3.8, 4) is 0 Å². The Labute approximate surface area is 214 Å². The normalized spacial score (nSPS) is 11.8. The highest BCUT2D eigenvalue weighted by atomic mass is 16.6. The Balaban J connectivity index is 2.32. The monoisotopic (exact) mass is 490 g/mol. The molecule has 0 fully saturated rings. The number of rotatable bonds is 23. The van der Waals surface area contributed by atoms with E-state index in [9.17, 15) is 9.59 Å². The number of benzene rings is 1. The molecule has 0 aliphatic heterocycles. The van der Waals surface area contributed by atoms with Crippen molar-refractivity contribution in [3.05, 3.63) is 35.9 Å². The second-order valence-electron chi connectivity index (χ2n) is 9.54. The van der Waals surface area contributed by atoms with Crippen molar-refractivity contribution in [1.29, 1.82) is 0 Å². The Hall–Kier alpha value is -1.88. The van der Waals surface area contributed by atoms with Crippen LogP contribution in [0.3, 0.4) is 0 Å². The number of carbonyl (C=O) groups excluding carboxylic acids is 2. The van der Waals surface area contributed by atoms with E-state index in [0.717, 1.165) is 37.7 Å². The molecule has 0 amide bonds. The minimum Gasteiger partial charge on any atom is -0.462 e. The van der Waals surface area contributed by atoms with Gasteiger partial charge in [-0.15, -0.1) is 0 Å². The molecule has 0 aromatic heterocycles. The van der Waals surface area contributed by atoms with Gasteiger partial charge in [-0.2, -0.15) is 0 Å². The van der Waals surface area contributed by atoms with Crippen molar-refractivity contribution in [2.45, 2.75) is 129 Å². The minimum atomic E-state index is -0.575. The Morgan fingerprint density at radius 3 is 1.74 bits per heavy atom. The number of esters is 2. The summed E-state index contributed by atoms with van der Waals surface area (Å²) in [6.45, 7) is 5.11. The van der Waals surface area contributed by atoms with Gasteiger partial charge in [-0.25, -0.2) is 0 Å². The van der Waals surface area contributed by atoms with Gasteiger partial charge in [-0.05, 0) is 18.4 Å². The molecular formula is C30H50O5. The number of carbonyl (C=O) groups is 2. The van der Waals surface area contributed by atoms with E-state index < -0.39 is 6.10 Å². The van der Waals surface area contributed by atoms with Crippen molar-refractivity contribution in [2.75, 3.05) is 13.2 Å². The third-order valence-corrected chi connectivity index (χ3v) is 6.11. The number of hydrogen-bond donors (Lipinski definition) is 0. The molecule has 200 valence electrons. The first-order valence-electron chi connectivity index (χ1n) is 14.1. The molecule has 0 saturated carbocycles. The number of unbranched alkanes of at least 4 members (excludes halogenated alkanes) is 12. The van der Waals surface area contributed by atoms with E-state index in [1.165, 1.54) is 57.8 Å². The zero-order valence-corrected chi connectivity index (χ0v) is 22.4. The molecule has 5 nitrogen and oxygen atoms in total. The summed E-state index contributed by atoms with van der Waals surface area (Å²) in [5, 5.41) is 0. The molecule has 1 rings (SSSR count). The average Bonchev–Trinajstić information content (AvgIpc) is 2.86. The lowest BCUT2D eigenvalue weighted by molar-refractivity contribution is -0.163. The topological polar surface area (TPSA) is 61.8 Å². The molecule has 35 heavy (non-hydrogen) atoms. The minimum absolute atomic E-state index is 0.0485. The molecular weight excluding hydrogens is 440 g/mol. The summed E-state index contributed by atoms with van der Waals surface area (Å²) >= 11 is 0. The predicted molar refractivity (Wildman–Crippen MR) is 142 cm³/mol. The van der Waals surface area contributed by atoms with Crippen molar-refractivity contribution in [1.82, 2.24) is 0 Å². The summed E-state index contributed by atoms with van der Waals surface area (Å²) in [5.41, 5.74) is 1.05. The van der Waals surface area contributed by atoms with Gasteiger partial charge >= 0.3 is 11.9 Å². The molecule has 1 aromatic rings. The van der Waals surface area contributed by atoms with E-state index in [4.69, 9.17) is 14.2 Å².